The number of thiophene rings is 1. The second-order valence-electron chi connectivity index (χ2n) is 5.08. The van der Waals surface area contributed by atoms with Gasteiger partial charge in [-0.05, 0) is 42.8 Å². The van der Waals surface area contributed by atoms with Gasteiger partial charge in [0.15, 0.2) is 6.61 Å². The fourth-order valence-corrected chi connectivity index (χ4v) is 2.73. The number of benzene rings is 1. The Morgan fingerprint density at radius 2 is 1.87 bits per heavy atom. The van der Waals surface area contributed by atoms with E-state index < -0.39 is 0 Å². The van der Waals surface area contributed by atoms with E-state index in [1.54, 1.807) is 17.4 Å². The van der Waals surface area contributed by atoms with Gasteiger partial charge in [0.2, 0.25) is 5.91 Å². The molecule has 23 heavy (non-hydrogen) atoms. The maximum absolute atomic E-state index is 11.6. The Morgan fingerprint density at radius 1 is 1.09 bits per heavy atom. The summed E-state index contributed by atoms with van der Waals surface area (Å²) < 4.78 is 5.40. The lowest BCUT2D eigenvalue weighted by Crippen LogP contribution is -2.43. The number of amides is 2. The molecular weight excluding hydrogens is 312 g/mol. The molecule has 0 radical (unpaired) electrons. The molecule has 0 saturated heterocycles. The van der Waals surface area contributed by atoms with Crippen LogP contribution in [0.15, 0.2) is 41.8 Å². The summed E-state index contributed by atoms with van der Waals surface area (Å²) in [4.78, 5) is 24.5. The molecule has 1 heterocycles. The second kappa shape index (κ2) is 8.95. The number of rotatable bonds is 7. The lowest BCUT2D eigenvalue weighted by Gasteiger charge is -2.10. The van der Waals surface area contributed by atoms with Crippen LogP contribution < -0.4 is 15.6 Å². The zero-order chi connectivity index (χ0) is 16.5. The summed E-state index contributed by atoms with van der Waals surface area (Å²) in [7, 11) is 0. The van der Waals surface area contributed by atoms with E-state index in [0.717, 1.165) is 18.4 Å². The van der Waals surface area contributed by atoms with Gasteiger partial charge in [-0.25, -0.2) is 0 Å². The Labute approximate surface area is 139 Å². The van der Waals surface area contributed by atoms with Crippen molar-refractivity contribution in [1.29, 1.82) is 0 Å². The summed E-state index contributed by atoms with van der Waals surface area (Å²) in [6.45, 7) is 1.77. The summed E-state index contributed by atoms with van der Waals surface area (Å²) in [6.07, 6.45) is 1.99. The van der Waals surface area contributed by atoms with Crippen molar-refractivity contribution < 1.29 is 14.3 Å². The van der Waals surface area contributed by atoms with Crippen molar-refractivity contribution in [2.75, 3.05) is 6.61 Å². The van der Waals surface area contributed by atoms with Crippen LogP contribution in [0.3, 0.4) is 0 Å². The molecule has 2 amide bonds. The number of ether oxygens (including phenoxy) is 1. The standard InChI is InChI=1S/C17H20N2O3S/c1-13-6-2-3-9-15(13)22-12-17(21)19-18-16(20)10-4-7-14-8-5-11-23-14/h2-3,5-6,8-9,11H,4,7,10,12H2,1H3,(H,18,20)(H,19,21). The smallest absolute Gasteiger partial charge is 0.276 e. The van der Waals surface area contributed by atoms with Gasteiger partial charge < -0.3 is 4.74 Å². The molecule has 2 N–H and O–H groups in total. The molecule has 0 aliphatic heterocycles. The van der Waals surface area contributed by atoms with Crippen molar-refractivity contribution in [1.82, 2.24) is 10.9 Å². The van der Waals surface area contributed by atoms with Crippen molar-refractivity contribution >= 4 is 23.2 Å². The molecule has 1 aromatic heterocycles. The molecule has 0 atom stereocenters. The van der Waals surface area contributed by atoms with E-state index in [4.69, 9.17) is 4.74 Å². The van der Waals surface area contributed by atoms with Crippen LogP contribution in [0.25, 0.3) is 0 Å². The van der Waals surface area contributed by atoms with Crippen LogP contribution in [0, 0.1) is 6.92 Å². The largest absolute Gasteiger partial charge is 0.483 e. The van der Waals surface area contributed by atoms with Crippen molar-refractivity contribution in [3.63, 3.8) is 0 Å². The van der Waals surface area contributed by atoms with Gasteiger partial charge in [0.1, 0.15) is 5.75 Å². The third kappa shape index (κ3) is 6.12. The monoisotopic (exact) mass is 332 g/mol. The first-order valence-electron chi connectivity index (χ1n) is 7.43. The highest BCUT2D eigenvalue weighted by Gasteiger charge is 2.07. The number of aryl methyl sites for hydroxylation is 2. The number of hydrazine groups is 1. The topological polar surface area (TPSA) is 67.4 Å². The average Bonchev–Trinajstić information content (AvgIpc) is 3.05. The summed E-state index contributed by atoms with van der Waals surface area (Å²) in [5.74, 6) is 0.0654. The van der Waals surface area contributed by atoms with E-state index >= 15 is 0 Å². The predicted molar refractivity (Wildman–Crippen MR) is 90.2 cm³/mol. The molecule has 1 aromatic carbocycles. The van der Waals surface area contributed by atoms with Gasteiger partial charge in [0.25, 0.3) is 5.91 Å². The minimum Gasteiger partial charge on any atom is -0.483 e. The number of para-hydroxylation sites is 1. The summed E-state index contributed by atoms with van der Waals surface area (Å²) in [5.41, 5.74) is 5.71. The van der Waals surface area contributed by atoms with E-state index in [-0.39, 0.29) is 18.4 Å². The average molecular weight is 332 g/mol. The summed E-state index contributed by atoms with van der Waals surface area (Å²) >= 11 is 1.68. The van der Waals surface area contributed by atoms with Gasteiger partial charge in [-0.3, -0.25) is 20.4 Å². The van der Waals surface area contributed by atoms with Crippen LogP contribution in [0.5, 0.6) is 5.75 Å². The second-order valence-corrected chi connectivity index (χ2v) is 6.12. The van der Waals surface area contributed by atoms with Gasteiger partial charge in [-0.1, -0.05) is 24.3 Å². The van der Waals surface area contributed by atoms with Gasteiger partial charge in [-0.15, -0.1) is 11.3 Å². The van der Waals surface area contributed by atoms with Crippen LogP contribution in [0.4, 0.5) is 0 Å². The van der Waals surface area contributed by atoms with E-state index in [1.807, 2.05) is 42.6 Å². The van der Waals surface area contributed by atoms with Crippen LogP contribution in [-0.4, -0.2) is 18.4 Å². The highest BCUT2D eigenvalue weighted by Crippen LogP contribution is 2.15. The fraction of sp³-hybridized carbons (Fsp3) is 0.294. The molecule has 0 bridgehead atoms. The van der Waals surface area contributed by atoms with Gasteiger partial charge in [-0.2, -0.15) is 0 Å². The molecule has 2 aromatic rings. The molecule has 6 heteroatoms. The SMILES string of the molecule is Cc1ccccc1OCC(=O)NNC(=O)CCCc1cccs1. The molecule has 0 spiro atoms. The molecule has 0 aliphatic carbocycles. The molecule has 0 fully saturated rings. The lowest BCUT2D eigenvalue weighted by molar-refractivity contribution is -0.130. The van der Waals surface area contributed by atoms with Crippen molar-refractivity contribution in [3.8, 4) is 5.75 Å². The predicted octanol–water partition coefficient (Wildman–Crippen LogP) is 2.61. The summed E-state index contributed by atoms with van der Waals surface area (Å²) in [5, 5.41) is 2.02. The zero-order valence-electron chi connectivity index (χ0n) is 13.0. The van der Waals surface area contributed by atoms with Crippen LogP contribution in [-0.2, 0) is 16.0 Å². The Balaban J connectivity index is 1.60. The molecule has 122 valence electrons. The molecule has 2 rings (SSSR count). The molecule has 0 unspecified atom stereocenters. The Hall–Kier alpha value is -2.34. The number of hydrogen-bond donors (Lipinski definition) is 2. The molecule has 0 saturated carbocycles. The summed E-state index contributed by atoms with van der Waals surface area (Å²) in [6, 6.07) is 11.5. The van der Waals surface area contributed by atoms with Crippen LogP contribution in [0.1, 0.15) is 23.3 Å². The van der Waals surface area contributed by atoms with E-state index in [2.05, 4.69) is 10.9 Å². The Bertz CT molecular complexity index is 641. The molecule has 5 nitrogen and oxygen atoms in total. The minimum atomic E-state index is -0.389. The third-order valence-electron chi connectivity index (χ3n) is 3.20. The zero-order valence-corrected chi connectivity index (χ0v) is 13.8. The van der Waals surface area contributed by atoms with Crippen LogP contribution in [0.2, 0.25) is 0 Å². The first-order chi connectivity index (χ1) is 11.1. The maximum Gasteiger partial charge on any atom is 0.276 e. The fourth-order valence-electron chi connectivity index (χ4n) is 1.98. The number of carbonyl (C=O) groups is 2. The number of nitrogens with one attached hydrogen (secondary N) is 2. The third-order valence-corrected chi connectivity index (χ3v) is 4.14. The minimum absolute atomic E-state index is 0.139. The first kappa shape index (κ1) is 17.0. The highest BCUT2D eigenvalue weighted by atomic mass is 32.1. The maximum atomic E-state index is 11.6. The Kier molecular flexibility index (Phi) is 6.62. The van der Waals surface area contributed by atoms with Crippen LogP contribution >= 0.6 is 11.3 Å². The van der Waals surface area contributed by atoms with Gasteiger partial charge in [0.05, 0.1) is 0 Å². The van der Waals surface area contributed by atoms with Crippen molar-refractivity contribution in [3.05, 3.63) is 52.2 Å². The van der Waals surface area contributed by atoms with E-state index in [9.17, 15) is 9.59 Å². The van der Waals surface area contributed by atoms with Crippen molar-refractivity contribution in [2.24, 2.45) is 0 Å². The van der Waals surface area contributed by atoms with Crippen molar-refractivity contribution in [2.45, 2.75) is 26.2 Å². The Morgan fingerprint density at radius 3 is 2.61 bits per heavy atom. The van der Waals surface area contributed by atoms with E-state index in [0.29, 0.717) is 12.2 Å². The van der Waals surface area contributed by atoms with Gasteiger partial charge in [0, 0.05) is 11.3 Å². The molecule has 0 aliphatic rings. The quantitative estimate of drug-likeness (QED) is 0.766. The highest BCUT2D eigenvalue weighted by molar-refractivity contribution is 7.09. The number of hydrogen-bond acceptors (Lipinski definition) is 4. The normalized spacial score (nSPS) is 10.1. The number of carbonyl (C=O) groups excluding carboxylic acids is 2. The lowest BCUT2D eigenvalue weighted by atomic mass is 10.2. The molecular formula is C17H20N2O3S. The first-order valence-corrected chi connectivity index (χ1v) is 8.31. The van der Waals surface area contributed by atoms with Gasteiger partial charge >= 0.3 is 0 Å². The van der Waals surface area contributed by atoms with E-state index in [1.165, 1.54) is 4.88 Å².